The average Bonchev–Trinajstić information content (AvgIpc) is 3.02. The molecule has 3 rings (SSSR count). The number of aliphatic hydroxyl groups is 1. The molecule has 1 unspecified atom stereocenters. The lowest BCUT2D eigenvalue weighted by molar-refractivity contribution is 0.0747. The minimum atomic E-state index is -0.463. The molecule has 0 saturated carbocycles. The summed E-state index contributed by atoms with van der Waals surface area (Å²) in [5, 5.41) is 10.2. The summed E-state index contributed by atoms with van der Waals surface area (Å²) < 4.78 is 11.4. The first-order chi connectivity index (χ1) is 12.7. The lowest BCUT2D eigenvalue weighted by Gasteiger charge is -2.22. The molecular formula is C21H34N2O3. The Morgan fingerprint density at radius 2 is 1.58 bits per heavy atom. The summed E-state index contributed by atoms with van der Waals surface area (Å²) in [6.07, 6.45) is 7.31. The quantitative estimate of drug-likeness (QED) is 0.770. The first-order valence-corrected chi connectivity index (χ1v) is 10.2. The number of aliphatic hydroxyl groups excluding tert-OH is 1. The second-order valence-electron chi connectivity index (χ2n) is 7.65. The first kappa shape index (κ1) is 19.5. The molecule has 0 aliphatic carbocycles. The van der Waals surface area contributed by atoms with E-state index in [0.717, 1.165) is 25.4 Å². The largest absolute Gasteiger partial charge is 0.493 e. The maximum absolute atomic E-state index is 10.2. The van der Waals surface area contributed by atoms with Crippen LogP contribution in [-0.2, 0) is 6.54 Å². The van der Waals surface area contributed by atoms with E-state index in [-0.39, 0.29) is 0 Å². The van der Waals surface area contributed by atoms with Crippen molar-refractivity contribution in [3.8, 4) is 11.5 Å². The van der Waals surface area contributed by atoms with Crippen LogP contribution in [0, 0.1) is 0 Å². The summed E-state index contributed by atoms with van der Waals surface area (Å²) in [6.45, 7) is 6.51. The number of rotatable bonds is 8. The van der Waals surface area contributed by atoms with Gasteiger partial charge in [-0.2, -0.15) is 0 Å². The Labute approximate surface area is 157 Å². The van der Waals surface area contributed by atoms with E-state index in [9.17, 15) is 5.11 Å². The molecule has 0 aromatic heterocycles. The molecule has 2 heterocycles. The van der Waals surface area contributed by atoms with Crippen LogP contribution >= 0.6 is 0 Å². The predicted molar refractivity (Wildman–Crippen MR) is 104 cm³/mol. The number of benzene rings is 1. The van der Waals surface area contributed by atoms with Gasteiger partial charge in [-0.25, -0.2) is 0 Å². The average molecular weight is 363 g/mol. The summed E-state index contributed by atoms with van der Waals surface area (Å²) in [5.74, 6) is 1.47. The Bertz CT molecular complexity index is 538. The highest BCUT2D eigenvalue weighted by Crippen LogP contribution is 2.29. The van der Waals surface area contributed by atoms with Crippen LogP contribution in [-0.4, -0.2) is 67.5 Å². The van der Waals surface area contributed by atoms with Gasteiger partial charge >= 0.3 is 0 Å². The highest BCUT2D eigenvalue weighted by molar-refractivity contribution is 5.43. The molecule has 2 fully saturated rings. The molecular weight excluding hydrogens is 328 g/mol. The Kier molecular flexibility index (Phi) is 7.59. The van der Waals surface area contributed by atoms with Crippen molar-refractivity contribution in [1.82, 2.24) is 9.80 Å². The van der Waals surface area contributed by atoms with Crippen LogP contribution in [0.4, 0.5) is 0 Å². The van der Waals surface area contributed by atoms with Crippen molar-refractivity contribution in [2.24, 2.45) is 0 Å². The summed E-state index contributed by atoms with van der Waals surface area (Å²) in [6, 6.07) is 6.18. The smallest absolute Gasteiger partial charge is 0.161 e. The maximum atomic E-state index is 10.2. The molecule has 5 heteroatoms. The molecule has 0 bridgehead atoms. The predicted octanol–water partition coefficient (Wildman–Crippen LogP) is 2.91. The van der Waals surface area contributed by atoms with Crippen LogP contribution in [0.25, 0.3) is 0 Å². The number of nitrogens with zero attached hydrogens (tertiary/aromatic N) is 2. The number of hydrogen-bond donors (Lipinski definition) is 1. The standard InChI is InChI=1S/C21H34N2O3/c1-25-21-14-18(15-22-10-4-2-3-5-11-22)8-9-20(21)26-17-19(24)16-23-12-6-7-13-23/h8-9,14,19,24H,2-7,10-13,15-17H2,1H3. The van der Waals surface area contributed by atoms with E-state index in [1.807, 2.05) is 6.07 Å². The van der Waals surface area contributed by atoms with Crippen molar-refractivity contribution >= 4 is 0 Å². The van der Waals surface area contributed by atoms with Crippen molar-refractivity contribution < 1.29 is 14.6 Å². The summed E-state index contributed by atoms with van der Waals surface area (Å²) in [5.41, 5.74) is 1.26. The van der Waals surface area contributed by atoms with E-state index in [0.29, 0.717) is 18.9 Å². The molecule has 2 aliphatic heterocycles. The first-order valence-electron chi connectivity index (χ1n) is 10.2. The number of ether oxygens (including phenoxy) is 2. The minimum Gasteiger partial charge on any atom is -0.493 e. The summed E-state index contributed by atoms with van der Waals surface area (Å²) in [4.78, 5) is 4.83. The van der Waals surface area contributed by atoms with Gasteiger partial charge in [0.15, 0.2) is 11.5 Å². The van der Waals surface area contributed by atoms with Gasteiger partial charge in [-0.15, -0.1) is 0 Å². The third-order valence-electron chi connectivity index (χ3n) is 5.43. The Hall–Kier alpha value is -1.30. The molecule has 2 aliphatic rings. The molecule has 146 valence electrons. The third kappa shape index (κ3) is 5.86. The number of likely N-dealkylation sites (tertiary alicyclic amines) is 2. The molecule has 0 amide bonds. The normalized spacial score (nSPS) is 20.7. The molecule has 1 aromatic carbocycles. The zero-order valence-corrected chi connectivity index (χ0v) is 16.2. The van der Waals surface area contributed by atoms with Crippen LogP contribution in [0.15, 0.2) is 18.2 Å². The number of methoxy groups -OCH3 is 1. The van der Waals surface area contributed by atoms with E-state index >= 15 is 0 Å². The topological polar surface area (TPSA) is 45.2 Å². The minimum absolute atomic E-state index is 0.304. The fourth-order valence-electron chi connectivity index (χ4n) is 3.98. The molecule has 1 aromatic rings. The Morgan fingerprint density at radius 3 is 2.27 bits per heavy atom. The van der Waals surface area contributed by atoms with Gasteiger partial charge in [0.1, 0.15) is 12.7 Å². The lowest BCUT2D eigenvalue weighted by atomic mass is 10.2. The van der Waals surface area contributed by atoms with Gasteiger partial charge in [-0.05, 0) is 69.6 Å². The molecule has 1 N–H and O–H groups in total. The van der Waals surface area contributed by atoms with E-state index in [4.69, 9.17) is 9.47 Å². The van der Waals surface area contributed by atoms with Crippen LogP contribution in [0.5, 0.6) is 11.5 Å². The van der Waals surface area contributed by atoms with Crippen LogP contribution in [0.2, 0.25) is 0 Å². The van der Waals surface area contributed by atoms with Crippen LogP contribution < -0.4 is 9.47 Å². The van der Waals surface area contributed by atoms with Crippen molar-refractivity contribution in [1.29, 1.82) is 0 Å². The van der Waals surface area contributed by atoms with Gasteiger partial charge in [-0.3, -0.25) is 4.90 Å². The zero-order chi connectivity index (χ0) is 18.2. The Morgan fingerprint density at radius 1 is 0.923 bits per heavy atom. The molecule has 0 spiro atoms. The van der Waals surface area contributed by atoms with Gasteiger partial charge < -0.3 is 19.5 Å². The second-order valence-corrected chi connectivity index (χ2v) is 7.65. The zero-order valence-electron chi connectivity index (χ0n) is 16.2. The van der Waals surface area contributed by atoms with Gasteiger partial charge in [0.2, 0.25) is 0 Å². The van der Waals surface area contributed by atoms with E-state index in [1.54, 1.807) is 7.11 Å². The van der Waals surface area contributed by atoms with Crippen molar-refractivity contribution in [3.63, 3.8) is 0 Å². The Balaban J connectivity index is 1.52. The highest BCUT2D eigenvalue weighted by atomic mass is 16.5. The summed E-state index contributed by atoms with van der Waals surface area (Å²) >= 11 is 0. The number of β-amino-alcohol motifs (C(OH)–C–C–N with tert-alkyl or cyclic N) is 1. The second kappa shape index (κ2) is 10.1. The summed E-state index contributed by atoms with van der Waals surface area (Å²) in [7, 11) is 1.68. The van der Waals surface area contributed by atoms with Gasteiger partial charge in [0, 0.05) is 13.1 Å². The molecule has 5 nitrogen and oxygen atoms in total. The van der Waals surface area contributed by atoms with Crippen molar-refractivity contribution in [2.75, 3.05) is 46.4 Å². The maximum Gasteiger partial charge on any atom is 0.161 e. The van der Waals surface area contributed by atoms with Gasteiger partial charge in [-0.1, -0.05) is 18.9 Å². The fraction of sp³-hybridized carbons (Fsp3) is 0.714. The monoisotopic (exact) mass is 362 g/mol. The SMILES string of the molecule is COc1cc(CN2CCCCCC2)ccc1OCC(O)CN1CCCC1. The molecule has 2 saturated heterocycles. The fourth-order valence-corrected chi connectivity index (χ4v) is 3.98. The molecule has 26 heavy (non-hydrogen) atoms. The third-order valence-corrected chi connectivity index (χ3v) is 5.43. The van der Waals surface area contributed by atoms with Gasteiger partial charge in [0.05, 0.1) is 7.11 Å². The van der Waals surface area contributed by atoms with E-state index in [2.05, 4.69) is 21.9 Å². The van der Waals surface area contributed by atoms with E-state index in [1.165, 1.54) is 57.2 Å². The van der Waals surface area contributed by atoms with Crippen LogP contribution in [0.1, 0.15) is 44.1 Å². The van der Waals surface area contributed by atoms with Crippen LogP contribution in [0.3, 0.4) is 0 Å². The molecule has 0 radical (unpaired) electrons. The number of hydrogen-bond acceptors (Lipinski definition) is 5. The van der Waals surface area contributed by atoms with E-state index < -0.39 is 6.10 Å². The molecule has 1 atom stereocenters. The van der Waals surface area contributed by atoms with Gasteiger partial charge in [0.25, 0.3) is 0 Å². The van der Waals surface area contributed by atoms with Crippen molar-refractivity contribution in [2.45, 2.75) is 51.2 Å². The van der Waals surface area contributed by atoms with Crippen molar-refractivity contribution in [3.05, 3.63) is 23.8 Å². The highest BCUT2D eigenvalue weighted by Gasteiger charge is 2.17. The lowest BCUT2D eigenvalue weighted by Crippen LogP contribution is -2.33.